The van der Waals surface area contributed by atoms with Crippen molar-refractivity contribution in [2.45, 2.75) is 19.8 Å². The van der Waals surface area contributed by atoms with Crippen LogP contribution in [0, 0.1) is 11.7 Å². The van der Waals surface area contributed by atoms with Crippen LogP contribution in [-0.4, -0.2) is 42.7 Å². The van der Waals surface area contributed by atoms with Gasteiger partial charge in [-0.3, -0.25) is 0 Å². The number of urea groups is 1. The molecule has 0 saturated carbocycles. The molecular formula is C28H30FN3O3. The molecule has 1 N–H and O–H groups in total. The van der Waals surface area contributed by atoms with Crippen LogP contribution in [0.15, 0.2) is 72.4 Å². The van der Waals surface area contributed by atoms with E-state index in [9.17, 15) is 9.18 Å². The number of ether oxygens (including phenoxy) is 2. The van der Waals surface area contributed by atoms with Crippen LogP contribution in [0.5, 0.6) is 11.6 Å². The molecule has 182 valence electrons. The van der Waals surface area contributed by atoms with Crippen molar-refractivity contribution in [3.63, 3.8) is 0 Å². The molecule has 1 aliphatic rings. The first kappa shape index (κ1) is 24.3. The lowest BCUT2D eigenvalue weighted by atomic mass is 9.91. The number of anilines is 1. The van der Waals surface area contributed by atoms with E-state index in [2.05, 4.69) is 29.4 Å². The van der Waals surface area contributed by atoms with Crippen molar-refractivity contribution in [2.24, 2.45) is 5.92 Å². The van der Waals surface area contributed by atoms with Gasteiger partial charge in [-0.2, -0.15) is 0 Å². The average Bonchev–Trinajstić information content (AvgIpc) is 2.87. The van der Waals surface area contributed by atoms with Gasteiger partial charge in [0.2, 0.25) is 5.88 Å². The van der Waals surface area contributed by atoms with Gasteiger partial charge in [0.1, 0.15) is 11.6 Å². The van der Waals surface area contributed by atoms with E-state index in [1.54, 1.807) is 37.6 Å². The summed E-state index contributed by atoms with van der Waals surface area (Å²) in [6.07, 6.45) is 5.31. The molecule has 1 aromatic heterocycles. The number of rotatable bonds is 7. The molecule has 6 nitrogen and oxygen atoms in total. The van der Waals surface area contributed by atoms with Gasteiger partial charge in [0.15, 0.2) is 0 Å². The summed E-state index contributed by atoms with van der Waals surface area (Å²) < 4.78 is 24.0. The summed E-state index contributed by atoms with van der Waals surface area (Å²) in [5.41, 5.74) is 4.07. The zero-order valence-electron chi connectivity index (χ0n) is 20.0. The van der Waals surface area contributed by atoms with Gasteiger partial charge in [-0.1, -0.05) is 42.8 Å². The van der Waals surface area contributed by atoms with Gasteiger partial charge in [-0.15, -0.1) is 0 Å². The highest BCUT2D eigenvalue weighted by molar-refractivity contribution is 5.89. The summed E-state index contributed by atoms with van der Waals surface area (Å²) in [5, 5.41) is 2.90. The predicted octanol–water partition coefficient (Wildman–Crippen LogP) is 5.81. The largest absolute Gasteiger partial charge is 0.493 e. The fourth-order valence-electron chi connectivity index (χ4n) is 4.07. The Morgan fingerprint density at radius 3 is 2.74 bits per heavy atom. The number of benzene rings is 2. The molecular weight excluding hydrogens is 445 g/mol. The van der Waals surface area contributed by atoms with Crippen LogP contribution >= 0.6 is 0 Å². The molecule has 7 heteroatoms. The fraction of sp³-hybridized carbons (Fsp3) is 0.286. The maximum atomic E-state index is 13.0. The third kappa shape index (κ3) is 6.82. The van der Waals surface area contributed by atoms with Crippen molar-refractivity contribution in [1.82, 2.24) is 9.88 Å². The van der Waals surface area contributed by atoms with Crippen LogP contribution in [0.3, 0.4) is 0 Å². The van der Waals surface area contributed by atoms with E-state index >= 15 is 0 Å². The summed E-state index contributed by atoms with van der Waals surface area (Å²) in [4.78, 5) is 18.7. The van der Waals surface area contributed by atoms with Gasteiger partial charge in [0, 0.05) is 25.6 Å². The van der Waals surface area contributed by atoms with Gasteiger partial charge < -0.3 is 19.7 Å². The lowest BCUT2D eigenvalue weighted by Crippen LogP contribution is -2.42. The van der Waals surface area contributed by atoms with Crippen LogP contribution in [0.4, 0.5) is 14.9 Å². The zero-order valence-corrected chi connectivity index (χ0v) is 20.0. The number of amides is 2. The lowest BCUT2D eigenvalue weighted by molar-refractivity contribution is 0.198. The topological polar surface area (TPSA) is 63.7 Å². The van der Waals surface area contributed by atoms with Gasteiger partial charge in [0.25, 0.3) is 0 Å². The normalized spacial score (nSPS) is 16.7. The molecule has 0 radical (unpaired) electrons. The number of halogens is 1. The first-order valence-corrected chi connectivity index (χ1v) is 11.7. The van der Waals surface area contributed by atoms with Crippen molar-refractivity contribution < 1.29 is 18.7 Å². The third-order valence-corrected chi connectivity index (χ3v) is 6.06. The number of carbonyl (C=O) groups is 1. The fourth-order valence-corrected chi connectivity index (χ4v) is 4.07. The summed E-state index contributed by atoms with van der Waals surface area (Å²) in [6.45, 7) is 3.97. The number of hydrogen-bond donors (Lipinski definition) is 1. The second kappa shape index (κ2) is 11.5. The number of hydrogen-bond acceptors (Lipinski definition) is 4. The quantitative estimate of drug-likeness (QED) is 0.469. The van der Waals surface area contributed by atoms with Crippen molar-refractivity contribution in [3.8, 4) is 11.6 Å². The van der Waals surface area contributed by atoms with Gasteiger partial charge in [-0.25, -0.2) is 14.2 Å². The zero-order chi connectivity index (χ0) is 24.6. The predicted molar refractivity (Wildman–Crippen MR) is 135 cm³/mol. The second-order valence-corrected chi connectivity index (χ2v) is 8.63. The molecule has 4 rings (SSSR count). The van der Waals surface area contributed by atoms with Crippen LogP contribution in [-0.2, 0) is 6.42 Å². The first-order chi connectivity index (χ1) is 17.0. The Kier molecular flexibility index (Phi) is 7.98. The highest BCUT2D eigenvalue weighted by atomic mass is 19.1. The molecule has 2 amide bonds. The molecule has 1 atom stereocenters. The van der Waals surface area contributed by atoms with Gasteiger partial charge in [0.05, 0.1) is 25.6 Å². The van der Waals surface area contributed by atoms with E-state index in [1.807, 2.05) is 23.1 Å². The minimum Gasteiger partial charge on any atom is -0.493 e. The Bertz CT molecular complexity index is 1160. The van der Waals surface area contributed by atoms with Crippen LogP contribution < -0.4 is 14.8 Å². The molecule has 0 spiro atoms. The third-order valence-electron chi connectivity index (χ3n) is 6.06. The molecule has 3 aromatic rings. The summed E-state index contributed by atoms with van der Waals surface area (Å²) in [6, 6.07) is 17.9. The molecule has 1 saturated heterocycles. The Morgan fingerprint density at radius 1 is 1.20 bits per heavy atom. The molecule has 1 unspecified atom stereocenters. The number of carbonyl (C=O) groups excluding carboxylic acids is 1. The summed E-state index contributed by atoms with van der Waals surface area (Å²) in [5.74, 6) is 1.32. The molecule has 2 aromatic carbocycles. The number of likely N-dealkylation sites (tertiary alicyclic amines) is 1. The minimum absolute atomic E-state index is 0.126. The maximum absolute atomic E-state index is 13.0. The van der Waals surface area contributed by atoms with Crippen molar-refractivity contribution in [2.75, 3.05) is 32.1 Å². The smallest absolute Gasteiger partial charge is 0.321 e. The molecule has 35 heavy (non-hydrogen) atoms. The molecule has 0 bridgehead atoms. The summed E-state index contributed by atoms with van der Waals surface area (Å²) in [7, 11) is 1.56. The number of aromatic nitrogens is 1. The highest BCUT2D eigenvalue weighted by Gasteiger charge is 2.24. The van der Waals surface area contributed by atoms with Crippen LogP contribution in [0.2, 0.25) is 0 Å². The number of nitrogens with zero attached hydrogens (tertiary/aromatic N) is 2. The standard InChI is InChI=1S/C28H30FN3O3/c1-20-19-32(28(33)31-25-10-11-27(34-2)30-18-25)14-12-23(20)16-22-4-3-5-26(17-22)35-15-13-21-6-8-24(29)9-7-21/h3-11,16-18,20H,12-15,19H2,1-2H3,(H,31,33)/b23-16+. The second-order valence-electron chi connectivity index (χ2n) is 8.63. The summed E-state index contributed by atoms with van der Waals surface area (Å²) >= 11 is 0. The average molecular weight is 476 g/mol. The van der Waals surface area contributed by atoms with Gasteiger partial charge >= 0.3 is 6.03 Å². The Balaban J connectivity index is 1.30. The number of pyridine rings is 1. The Labute approximate surface area is 205 Å². The van der Waals surface area contributed by atoms with E-state index < -0.39 is 0 Å². The Morgan fingerprint density at radius 2 is 2.03 bits per heavy atom. The lowest BCUT2D eigenvalue weighted by Gasteiger charge is -2.33. The number of piperidine rings is 1. The van der Waals surface area contributed by atoms with Crippen molar-refractivity contribution in [3.05, 3.63) is 89.4 Å². The van der Waals surface area contributed by atoms with E-state index in [4.69, 9.17) is 9.47 Å². The van der Waals surface area contributed by atoms with Gasteiger partial charge in [-0.05, 0) is 53.8 Å². The molecule has 1 fully saturated rings. The van der Waals surface area contributed by atoms with E-state index in [0.29, 0.717) is 37.7 Å². The van der Waals surface area contributed by atoms with Crippen molar-refractivity contribution >= 4 is 17.8 Å². The van der Waals surface area contributed by atoms with Crippen molar-refractivity contribution in [1.29, 1.82) is 0 Å². The molecule has 0 aliphatic carbocycles. The monoisotopic (exact) mass is 475 g/mol. The van der Waals surface area contributed by atoms with Crippen LogP contribution in [0.25, 0.3) is 6.08 Å². The highest BCUT2D eigenvalue weighted by Crippen LogP contribution is 2.26. The minimum atomic E-state index is -0.231. The Hall–Kier alpha value is -3.87. The SMILES string of the molecule is COc1ccc(NC(=O)N2CC/C(=C\c3cccc(OCCc4ccc(F)cc4)c3)C(C)C2)cn1. The van der Waals surface area contributed by atoms with E-state index in [-0.39, 0.29) is 17.8 Å². The van der Waals surface area contributed by atoms with Crippen LogP contribution in [0.1, 0.15) is 24.5 Å². The maximum Gasteiger partial charge on any atom is 0.321 e. The van der Waals surface area contributed by atoms with E-state index in [1.165, 1.54) is 17.7 Å². The molecule has 2 heterocycles. The number of nitrogens with one attached hydrogen (secondary N) is 1. The number of methoxy groups -OCH3 is 1. The molecule has 1 aliphatic heterocycles. The first-order valence-electron chi connectivity index (χ1n) is 11.7. The van der Waals surface area contributed by atoms with E-state index in [0.717, 1.165) is 23.3 Å².